The molecule has 0 radical (unpaired) electrons. The lowest BCUT2D eigenvalue weighted by molar-refractivity contribution is 0.629. The summed E-state index contributed by atoms with van der Waals surface area (Å²) < 4.78 is 27.0. The molecule has 0 unspecified atom stereocenters. The average molecular weight is 295 g/mol. The van der Waals surface area contributed by atoms with E-state index >= 15 is 0 Å². The number of halogens is 2. The number of nitrogens with zero attached hydrogens (tertiary/aromatic N) is 1. The summed E-state index contributed by atoms with van der Waals surface area (Å²) >= 11 is 0. The van der Waals surface area contributed by atoms with Crippen LogP contribution in [0.4, 0.5) is 14.5 Å². The number of hydrogen-bond donors (Lipinski definition) is 2. The van der Waals surface area contributed by atoms with Gasteiger partial charge < -0.3 is 10.7 Å². The van der Waals surface area contributed by atoms with Crippen LogP contribution in [0.2, 0.25) is 0 Å². The lowest BCUT2D eigenvalue weighted by Crippen LogP contribution is -1.89. The van der Waals surface area contributed by atoms with Gasteiger partial charge in [-0.3, -0.25) is 0 Å². The van der Waals surface area contributed by atoms with E-state index < -0.39 is 5.82 Å². The van der Waals surface area contributed by atoms with Crippen molar-refractivity contribution in [1.82, 2.24) is 9.97 Å². The Morgan fingerprint density at radius 1 is 0.955 bits per heavy atom. The fourth-order valence-corrected chi connectivity index (χ4v) is 2.68. The topological polar surface area (TPSA) is 54.7 Å². The average Bonchev–Trinajstić information content (AvgIpc) is 2.90. The van der Waals surface area contributed by atoms with Gasteiger partial charge in [-0.15, -0.1) is 0 Å². The highest BCUT2D eigenvalue weighted by atomic mass is 19.1. The van der Waals surface area contributed by atoms with Crippen molar-refractivity contribution >= 4 is 27.5 Å². The number of nitrogens with two attached hydrogens (primary N) is 1. The number of aromatic amines is 1. The fourth-order valence-electron chi connectivity index (χ4n) is 2.68. The Labute approximate surface area is 124 Å². The summed E-state index contributed by atoms with van der Waals surface area (Å²) in [6.45, 7) is 0. The quantitative estimate of drug-likeness (QED) is 0.516. The summed E-state index contributed by atoms with van der Waals surface area (Å²) in [5.74, 6) is -0.746. The number of nitrogen functional groups attached to an aromatic ring is 1. The highest BCUT2D eigenvalue weighted by molar-refractivity contribution is 6.01. The van der Waals surface area contributed by atoms with Crippen LogP contribution >= 0.6 is 0 Å². The van der Waals surface area contributed by atoms with Gasteiger partial charge in [0.2, 0.25) is 0 Å². The van der Waals surface area contributed by atoms with Crippen molar-refractivity contribution < 1.29 is 8.78 Å². The van der Waals surface area contributed by atoms with Crippen LogP contribution in [-0.2, 0) is 0 Å². The van der Waals surface area contributed by atoms with Gasteiger partial charge in [0.15, 0.2) is 0 Å². The minimum atomic E-state index is -0.405. The molecule has 0 bridgehead atoms. The zero-order chi connectivity index (χ0) is 15.3. The molecule has 5 heteroatoms. The van der Waals surface area contributed by atoms with E-state index in [-0.39, 0.29) is 5.82 Å². The highest BCUT2D eigenvalue weighted by Gasteiger charge is 2.11. The third kappa shape index (κ3) is 1.90. The van der Waals surface area contributed by atoms with E-state index in [1.807, 2.05) is 12.1 Å². The number of fused-ring (bicyclic) bond motifs is 2. The Hall–Kier alpha value is -2.95. The molecule has 0 aliphatic carbocycles. The number of anilines is 1. The molecule has 108 valence electrons. The van der Waals surface area contributed by atoms with E-state index in [2.05, 4.69) is 9.97 Å². The predicted octanol–water partition coefficient (Wildman–Crippen LogP) is 4.24. The van der Waals surface area contributed by atoms with Gasteiger partial charge in [-0.1, -0.05) is 6.07 Å². The molecule has 0 aliphatic heterocycles. The van der Waals surface area contributed by atoms with Crippen LogP contribution in [0.3, 0.4) is 0 Å². The Bertz CT molecular complexity index is 1020. The summed E-state index contributed by atoms with van der Waals surface area (Å²) in [4.78, 5) is 7.50. The zero-order valence-corrected chi connectivity index (χ0v) is 11.4. The van der Waals surface area contributed by atoms with Gasteiger partial charge in [-0.2, -0.15) is 0 Å². The number of rotatable bonds is 1. The monoisotopic (exact) mass is 295 g/mol. The Morgan fingerprint density at radius 3 is 2.64 bits per heavy atom. The van der Waals surface area contributed by atoms with Crippen LogP contribution < -0.4 is 5.73 Å². The van der Waals surface area contributed by atoms with E-state index in [9.17, 15) is 8.78 Å². The van der Waals surface area contributed by atoms with Crippen LogP contribution in [0.15, 0.2) is 48.7 Å². The summed E-state index contributed by atoms with van der Waals surface area (Å²) in [6.07, 6.45) is 1.73. The maximum absolute atomic E-state index is 13.6. The molecule has 0 spiro atoms. The van der Waals surface area contributed by atoms with Crippen molar-refractivity contribution in [2.45, 2.75) is 0 Å². The Morgan fingerprint density at radius 2 is 1.77 bits per heavy atom. The number of aromatic nitrogens is 2. The maximum Gasteiger partial charge on any atom is 0.126 e. The van der Waals surface area contributed by atoms with E-state index in [0.29, 0.717) is 27.8 Å². The molecule has 0 fully saturated rings. The standard InChI is InChI=1S/C17H11F2N3/c18-10-3-1-9-2-4-15(22-16(9)7-10)13-8-21-17-12(13)5-11(19)6-14(17)20/h1-8,21H,20H2. The molecular formula is C17H11F2N3. The molecule has 22 heavy (non-hydrogen) atoms. The second-order valence-electron chi connectivity index (χ2n) is 5.15. The second kappa shape index (κ2) is 4.53. The van der Waals surface area contributed by atoms with Gasteiger partial charge >= 0.3 is 0 Å². The summed E-state index contributed by atoms with van der Waals surface area (Å²) in [5, 5.41) is 1.50. The number of benzene rings is 2. The molecule has 3 nitrogen and oxygen atoms in total. The molecule has 0 saturated carbocycles. The fraction of sp³-hybridized carbons (Fsp3) is 0. The lowest BCUT2D eigenvalue weighted by atomic mass is 10.1. The van der Waals surface area contributed by atoms with Gasteiger partial charge in [0.25, 0.3) is 0 Å². The van der Waals surface area contributed by atoms with Crippen LogP contribution in [0.5, 0.6) is 0 Å². The number of H-pyrrole nitrogens is 1. The van der Waals surface area contributed by atoms with Gasteiger partial charge in [0.1, 0.15) is 11.6 Å². The van der Waals surface area contributed by atoms with Gasteiger partial charge in [0.05, 0.1) is 22.4 Å². The summed E-state index contributed by atoms with van der Waals surface area (Å²) in [7, 11) is 0. The maximum atomic E-state index is 13.6. The van der Waals surface area contributed by atoms with Gasteiger partial charge in [0, 0.05) is 28.6 Å². The molecule has 3 N–H and O–H groups in total. The first-order valence-electron chi connectivity index (χ1n) is 6.74. The van der Waals surface area contributed by atoms with E-state index in [0.717, 1.165) is 10.9 Å². The van der Waals surface area contributed by atoms with Gasteiger partial charge in [-0.05, 0) is 30.3 Å². The highest BCUT2D eigenvalue weighted by Crippen LogP contribution is 2.32. The smallest absolute Gasteiger partial charge is 0.126 e. The minimum absolute atomic E-state index is 0.341. The van der Waals surface area contributed by atoms with Crippen molar-refractivity contribution in [3.8, 4) is 11.3 Å². The number of pyridine rings is 1. The first kappa shape index (κ1) is 12.8. The molecule has 0 aliphatic rings. The molecule has 2 aromatic carbocycles. The van der Waals surface area contributed by atoms with Crippen molar-refractivity contribution in [1.29, 1.82) is 0 Å². The van der Waals surface area contributed by atoms with Crippen molar-refractivity contribution in [2.24, 2.45) is 0 Å². The molecule has 4 aromatic rings. The molecule has 0 saturated heterocycles. The van der Waals surface area contributed by atoms with Crippen molar-refractivity contribution in [3.05, 3.63) is 60.3 Å². The van der Waals surface area contributed by atoms with E-state index in [4.69, 9.17) is 5.73 Å². The molecule has 0 amide bonds. The number of hydrogen-bond acceptors (Lipinski definition) is 2. The van der Waals surface area contributed by atoms with E-state index in [1.165, 1.54) is 24.3 Å². The summed E-state index contributed by atoms with van der Waals surface area (Å²) in [6, 6.07) is 10.8. The van der Waals surface area contributed by atoms with Crippen molar-refractivity contribution in [2.75, 3.05) is 5.73 Å². The predicted molar refractivity (Wildman–Crippen MR) is 83.4 cm³/mol. The lowest BCUT2D eigenvalue weighted by Gasteiger charge is -2.03. The molecule has 2 heterocycles. The molecule has 2 aromatic heterocycles. The first-order valence-corrected chi connectivity index (χ1v) is 6.74. The minimum Gasteiger partial charge on any atom is -0.397 e. The molecular weight excluding hydrogens is 284 g/mol. The van der Waals surface area contributed by atoms with E-state index in [1.54, 1.807) is 12.3 Å². The third-order valence-corrected chi connectivity index (χ3v) is 3.71. The van der Waals surface area contributed by atoms with Crippen LogP contribution in [0, 0.1) is 11.6 Å². The largest absolute Gasteiger partial charge is 0.397 e. The second-order valence-corrected chi connectivity index (χ2v) is 5.15. The normalized spacial score (nSPS) is 11.4. The summed E-state index contributed by atoms with van der Waals surface area (Å²) in [5.41, 5.74) is 8.74. The Kier molecular flexibility index (Phi) is 2.63. The third-order valence-electron chi connectivity index (χ3n) is 3.71. The zero-order valence-electron chi connectivity index (χ0n) is 11.4. The number of nitrogens with one attached hydrogen (secondary N) is 1. The van der Waals surface area contributed by atoms with Crippen LogP contribution in [-0.4, -0.2) is 9.97 Å². The first-order chi connectivity index (χ1) is 10.6. The van der Waals surface area contributed by atoms with Crippen molar-refractivity contribution in [3.63, 3.8) is 0 Å². The van der Waals surface area contributed by atoms with Gasteiger partial charge in [-0.25, -0.2) is 13.8 Å². The Balaban J connectivity index is 1.98. The molecule has 0 atom stereocenters. The molecule has 4 rings (SSSR count). The van der Waals surface area contributed by atoms with Crippen LogP contribution in [0.25, 0.3) is 33.1 Å². The van der Waals surface area contributed by atoms with Crippen LogP contribution in [0.1, 0.15) is 0 Å². The SMILES string of the molecule is Nc1cc(F)cc2c(-c3ccc4ccc(F)cc4n3)c[nH]c12.